The zero-order valence-corrected chi connectivity index (χ0v) is 14.3. The molecule has 0 unspecified atom stereocenters. The molecule has 2 N–H and O–H groups in total. The van der Waals surface area contributed by atoms with Crippen LogP contribution in [-0.2, 0) is 14.4 Å². The number of oxime groups is 1. The second kappa shape index (κ2) is 5.93. The van der Waals surface area contributed by atoms with Gasteiger partial charge in [0, 0.05) is 12.1 Å². The maximum atomic E-state index is 12.1. The third-order valence-electron chi connectivity index (χ3n) is 3.41. The molecule has 0 aliphatic heterocycles. The van der Waals surface area contributed by atoms with Crippen LogP contribution in [0.25, 0.3) is 0 Å². The first-order chi connectivity index (χ1) is 10.1. The van der Waals surface area contributed by atoms with Gasteiger partial charge in [-0.15, -0.1) is 0 Å². The summed E-state index contributed by atoms with van der Waals surface area (Å²) in [6.07, 6.45) is 1.13. The Morgan fingerprint density at radius 3 is 2.41 bits per heavy atom. The molecule has 1 aromatic carbocycles. The van der Waals surface area contributed by atoms with Crippen molar-refractivity contribution >= 4 is 27.4 Å². The number of halogens is 1. The monoisotopic (exact) mass is 342 g/mol. The molecule has 0 saturated carbocycles. The number of rotatable bonds is 3. The quantitative estimate of drug-likeness (QED) is 0.854. The van der Waals surface area contributed by atoms with Gasteiger partial charge in [0.25, 0.3) is 0 Å². The second-order valence-corrected chi connectivity index (χ2v) is 8.14. The van der Waals surface area contributed by atoms with Gasteiger partial charge >= 0.3 is 10.1 Å². The van der Waals surface area contributed by atoms with Gasteiger partial charge < -0.3 is 5.73 Å². The van der Waals surface area contributed by atoms with Crippen molar-refractivity contribution in [2.24, 2.45) is 16.3 Å². The SMILES string of the molecule is Cc1ccc(S(=O)(=O)O/N=C2/CC(C)(C)CC(N)=C2Cl)cc1. The van der Waals surface area contributed by atoms with E-state index in [1.807, 2.05) is 20.8 Å². The average molecular weight is 343 g/mol. The van der Waals surface area contributed by atoms with Crippen LogP contribution in [0.3, 0.4) is 0 Å². The van der Waals surface area contributed by atoms with Crippen molar-refractivity contribution in [3.63, 3.8) is 0 Å². The van der Waals surface area contributed by atoms with Crippen molar-refractivity contribution in [2.75, 3.05) is 0 Å². The van der Waals surface area contributed by atoms with E-state index in [1.165, 1.54) is 12.1 Å². The molecule has 0 atom stereocenters. The fourth-order valence-corrected chi connectivity index (χ4v) is 3.20. The van der Waals surface area contributed by atoms with Crippen molar-refractivity contribution in [1.82, 2.24) is 0 Å². The van der Waals surface area contributed by atoms with Crippen molar-refractivity contribution in [3.8, 4) is 0 Å². The lowest BCUT2D eigenvalue weighted by Crippen LogP contribution is -2.27. The van der Waals surface area contributed by atoms with Crippen LogP contribution < -0.4 is 5.73 Å². The van der Waals surface area contributed by atoms with Crippen LogP contribution in [0.5, 0.6) is 0 Å². The van der Waals surface area contributed by atoms with Gasteiger partial charge in [-0.2, -0.15) is 8.42 Å². The van der Waals surface area contributed by atoms with E-state index in [4.69, 9.17) is 21.6 Å². The average Bonchev–Trinajstić information content (AvgIpc) is 2.41. The summed E-state index contributed by atoms with van der Waals surface area (Å²) >= 11 is 6.11. The lowest BCUT2D eigenvalue weighted by molar-refractivity contribution is 0.324. The van der Waals surface area contributed by atoms with E-state index < -0.39 is 10.1 Å². The highest BCUT2D eigenvalue weighted by Crippen LogP contribution is 2.36. The van der Waals surface area contributed by atoms with Gasteiger partial charge in [0.15, 0.2) is 0 Å². The van der Waals surface area contributed by atoms with Crippen LogP contribution in [0.15, 0.2) is 45.0 Å². The number of aryl methyl sites for hydroxylation is 1. The smallest absolute Gasteiger partial charge is 0.358 e. The lowest BCUT2D eigenvalue weighted by Gasteiger charge is -2.30. The molecule has 7 heteroatoms. The Morgan fingerprint density at radius 1 is 1.23 bits per heavy atom. The Bertz CT molecular complexity index is 735. The number of hydrogen-bond acceptors (Lipinski definition) is 5. The second-order valence-electron chi connectivity index (χ2n) is 6.24. The lowest BCUT2D eigenvalue weighted by atomic mass is 9.78. The van der Waals surface area contributed by atoms with E-state index in [2.05, 4.69) is 5.16 Å². The molecule has 0 heterocycles. The van der Waals surface area contributed by atoms with Crippen LogP contribution in [0.1, 0.15) is 32.3 Å². The molecule has 0 fully saturated rings. The molecule has 0 spiro atoms. The predicted molar refractivity (Wildman–Crippen MR) is 87.0 cm³/mol. The largest absolute Gasteiger partial charge is 0.401 e. The van der Waals surface area contributed by atoms with E-state index in [-0.39, 0.29) is 15.3 Å². The Hall–Kier alpha value is -1.53. The minimum absolute atomic E-state index is 0.0468. The van der Waals surface area contributed by atoms with Crippen LogP contribution in [0.2, 0.25) is 0 Å². The molecule has 0 bridgehead atoms. The van der Waals surface area contributed by atoms with Gasteiger partial charge in [-0.3, -0.25) is 4.28 Å². The minimum atomic E-state index is -3.96. The van der Waals surface area contributed by atoms with Crippen molar-refractivity contribution in [2.45, 2.75) is 38.5 Å². The summed E-state index contributed by atoms with van der Waals surface area (Å²) in [6, 6.07) is 6.33. The Kier molecular flexibility index (Phi) is 4.54. The molecule has 120 valence electrons. The molecule has 5 nitrogen and oxygen atoms in total. The zero-order valence-electron chi connectivity index (χ0n) is 12.8. The van der Waals surface area contributed by atoms with Gasteiger partial charge in [-0.1, -0.05) is 48.3 Å². The number of nitrogens with zero attached hydrogens (tertiary/aromatic N) is 1. The normalized spacial score (nSPS) is 20.3. The van der Waals surface area contributed by atoms with Gasteiger partial charge in [0.2, 0.25) is 0 Å². The summed E-state index contributed by atoms with van der Waals surface area (Å²) in [5.74, 6) is 0. The predicted octanol–water partition coefficient (Wildman–Crippen LogP) is 3.29. The van der Waals surface area contributed by atoms with Crippen LogP contribution in [0.4, 0.5) is 0 Å². The van der Waals surface area contributed by atoms with Crippen molar-refractivity contribution < 1.29 is 12.7 Å². The van der Waals surface area contributed by atoms with E-state index in [0.29, 0.717) is 24.3 Å². The molecule has 0 amide bonds. The standard InChI is InChI=1S/C15H19ClN2O3S/c1-10-4-6-11(7-5-10)22(19,20)21-18-13-9-15(2,3)8-12(17)14(13)16/h4-7H,8-9,17H2,1-3H3/b18-13-. The number of allylic oxidation sites excluding steroid dienone is 2. The molecular formula is C15H19ClN2O3S. The molecule has 22 heavy (non-hydrogen) atoms. The third kappa shape index (κ3) is 3.81. The summed E-state index contributed by atoms with van der Waals surface area (Å²) in [5, 5.41) is 4.02. The summed E-state index contributed by atoms with van der Waals surface area (Å²) in [7, 11) is -3.96. The summed E-state index contributed by atoms with van der Waals surface area (Å²) in [4.78, 5) is 0.0468. The van der Waals surface area contributed by atoms with Gasteiger partial charge in [-0.25, -0.2) is 0 Å². The van der Waals surface area contributed by atoms with E-state index >= 15 is 0 Å². The van der Waals surface area contributed by atoms with Crippen LogP contribution in [-0.4, -0.2) is 14.1 Å². The fourth-order valence-electron chi connectivity index (χ4n) is 2.29. The highest BCUT2D eigenvalue weighted by molar-refractivity contribution is 7.86. The van der Waals surface area contributed by atoms with Gasteiger partial charge in [-0.05, 0) is 30.9 Å². The zero-order chi connectivity index (χ0) is 16.5. The maximum Gasteiger partial charge on any atom is 0.358 e. The first kappa shape index (κ1) is 16.8. The Labute approximate surface area is 135 Å². The number of benzene rings is 1. The molecule has 1 aromatic rings. The molecule has 1 aliphatic carbocycles. The molecular weight excluding hydrogens is 324 g/mol. The van der Waals surface area contributed by atoms with E-state index in [9.17, 15) is 8.42 Å². The molecule has 0 radical (unpaired) electrons. The van der Waals surface area contributed by atoms with E-state index in [0.717, 1.165) is 5.56 Å². The van der Waals surface area contributed by atoms with Crippen LogP contribution in [0, 0.1) is 12.3 Å². The van der Waals surface area contributed by atoms with Crippen molar-refractivity contribution in [1.29, 1.82) is 0 Å². The van der Waals surface area contributed by atoms with Gasteiger partial charge in [0.05, 0.1) is 5.03 Å². The Morgan fingerprint density at radius 2 is 1.82 bits per heavy atom. The summed E-state index contributed by atoms with van der Waals surface area (Å²) in [6.45, 7) is 5.88. The molecule has 1 aliphatic rings. The minimum Gasteiger partial charge on any atom is -0.401 e. The van der Waals surface area contributed by atoms with E-state index in [1.54, 1.807) is 12.1 Å². The third-order valence-corrected chi connectivity index (χ3v) is 4.99. The highest BCUT2D eigenvalue weighted by Gasteiger charge is 2.31. The first-order valence-electron chi connectivity index (χ1n) is 6.82. The number of nitrogens with two attached hydrogens (primary N) is 1. The molecule has 0 aromatic heterocycles. The first-order valence-corrected chi connectivity index (χ1v) is 8.61. The molecule has 2 rings (SSSR count). The molecule has 0 saturated heterocycles. The summed E-state index contributed by atoms with van der Waals surface area (Å²) in [5.41, 5.74) is 7.54. The summed E-state index contributed by atoms with van der Waals surface area (Å²) < 4.78 is 29.0. The van der Waals surface area contributed by atoms with Gasteiger partial charge in [0.1, 0.15) is 10.6 Å². The van der Waals surface area contributed by atoms with Crippen LogP contribution >= 0.6 is 11.6 Å². The fraction of sp³-hybridized carbons (Fsp3) is 0.400. The van der Waals surface area contributed by atoms with Crippen molar-refractivity contribution in [3.05, 3.63) is 40.6 Å². The number of hydrogen-bond donors (Lipinski definition) is 1. The topological polar surface area (TPSA) is 81.8 Å². The Balaban J connectivity index is 2.27. The highest BCUT2D eigenvalue weighted by atomic mass is 35.5. The maximum absolute atomic E-state index is 12.1.